The number of nitrogens with one attached hydrogen (secondary N) is 1. The second kappa shape index (κ2) is 8.05. The molecule has 3 N–H and O–H groups in total. The van der Waals surface area contributed by atoms with Crippen LogP contribution in [0.4, 0.5) is 0 Å². The molecule has 8 heteroatoms. The van der Waals surface area contributed by atoms with Gasteiger partial charge in [-0.1, -0.05) is 6.42 Å². The van der Waals surface area contributed by atoms with Crippen LogP contribution >= 0.6 is 0 Å². The van der Waals surface area contributed by atoms with Crippen LogP contribution in [0.25, 0.3) is 0 Å². The van der Waals surface area contributed by atoms with E-state index in [1.807, 2.05) is 0 Å². The summed E-state index contributed by atoms with van der Waals surface area (Å²) in [5, 5.41) is 21.4. The molecule has 24 heavy (non-hydrogen) atoms. The molecule has 0 saturated carbocycles. The van der Waals surface area contributed by atoms with Crippen molar-refractivity contribution in [3.63, 3.8) is 0 Å². The first kappa shape index (κ1) is 18.1. The zero-order valence-corrected chi connectivity index (χ0v) is 14.1. The van der Waals surface area contributed by atoms with Gasteiger partial charge in [-0.25, -0.2) is 4.79 Å². The Morgan fingerprint density at radius 1 is 1.21 bits per heavy atom. The number of rotatable bonds is 6. The third kappa shape index (κ3) is 4.64. The summed E-state index contributed by atoms with van der Waals surface area (Å²) in [6.07, 6.45) is 3.31. The second-order valence-electron chi connectivity index (χ2n) is 6.21. The first-order chi connectivity index (χ1) is 11.4. The van der Waals surface area contributed by atoms with Crippen molar-refractivity contribution in [2.45, 2.75) is 51.6 Å². The lowest BCUT2D eigenvalue weighted by Gasteiger charge is -2.38. The fraction of sp³-hybridized carbons (Fsp3) is 0.625. The third-order valence-corrected chi connectivity index (χ3v) is 4.34. The van der Waals surface area contributed by atoms with Crippen LogP contribution in [0.3, 0.4) is 0 Å². The Labute approximate surface area is 141 Å². The zero-order chi connectivity index (χ0) is 17.7. The summed E-state index contributed by atoms with van der Waals surface area (Å²) < 4.78 is 0.626. The minimum Gasteiger partial charge on any atom is -0.492 e. The molecule has 0 aliphatic carbocycles. The van der Waals surface area contributed by atoms with Crippen LogP contribution in [0, 0.1) is 0 Å². The zero-order valence-electron chi connectivity index (χ0n) is 14.1. The lowest BCUT2D eigenvalue weighted by molar-refractivity contribution is -0.145. The van der Waals surface area contributed by atoms with E-state index in [0.29, 0.717) is 23.4 Å². The van der Waals surface area contributed by atoms with Gasteiger partial charge in [0.05, 0.1) is 13.0 Å². The van der Waals surface area contributed by atoms with Crippen molar-refractivity contribution in [2.75, 3.05) is 13.1 Å². The Bertz CT molecular complexity index is 557. The Kier molecular flexibility index (Phi) is 6.08. The highest BCUT2D eigenvalue weighted by atomic mass is 16.7. The minimum absolute atomic E-state index is 0.0616. The Hall–Kier alpha value is -2.22. The number of hydrogen-bond donors (Lipinski definition) is 3. The molecule has 1 aliphatic heterocycles. The molecule has 1 fully saturated rings. The average molecular weight is 340 g/mol. The number of piperidine rings is 1. The van der Waals surface area contributed by atoms with Crippen molar-refractivity contribution in [3.8, 4) is 11.8 Å². The van der Waals surface area contributed by atoms with Crippen molar-refractivity contribution in [2.24, 2.45) is 0 Å². The van der Waals surface area contributed by atoms with Crippen molar-refractivity contribution in [3.05, 3.63) is 12.1 Å². The van der Waals surface area contributed by atoms with E-state index in [1.54, 1.807) is 0 Å². The van der Waals surface area contributed by atoms with E-state index in [4.69, 9.17) is 4.84 Å². The molecule has 1 aromatic heterocycles. The maximum Gasteiger partial charge on any atom is 0.334 e. The van der Waals surface area contributed by atoms with Gasteiger partial charge in [-0.15, -0.1) is 4.73 Å². The quantitative estimate of drug-likeness (QED) is 0.656. The van der Waals surface area contributed by atoms with E-state index in [0.717, 1.165) is 12.8 Å². The van der Waals surface area contributed by atoms with E-state index >= 15 is 0 Å². The fourth-order valence-electron chi connectivity index (χ4n) is 2.95. The number of carbonyl (C=O) groups is 2. The largest absolute Gasteiger partial charge is 0.492 e. The molecule has 0 radical (unpaired) electrons. The van der Waals surface area contributed by atoms with Crippen LogP contribution in [0.1, 0.15) is 39.5 Å². The first-order valence-corrected chi connectivity index (χ1v) is 8.21. The summed E-state index contributed by atoms with van der Waals surface area (Å²) in [4.78, 5) is 30.7. The predicted molar refractivity (Wildman–Crippen MR) is 86.5 cm³/mol. The molecular formula is C16H25N3O5. The van der Waals surface area contributed by atoms with Gasteiger partial charge in [-0.2, -0.15) is 0 Å². The van der Waals surface area contributed by atoms with Gasteiger partial charge >= 0.3 is 5.97 Å². The van der Waals surface area contributed by atoms with Gasteiger partial charge in [0.1, 0.15) is 0 Å². The van der Waals surface area contributed by atoms with Crippen molar-refractivity contribution in [1.82, 2.24) is 14.9 Å². The summed E-state index contributed by atoms with van der Waals surface area (Å²) in [7, 11) is 0. The standard InChI is InChI=1S/C16H25N3O5/c1-11-4-3-5-12(2)18(11)10-13(20)17-9-8-16(23)24-19-14(21)6-7-15(19)22/h6-7,11-12,21-22H,3-5,8-10H2,1-2H3,(H,17,20)/i11+1. The van der Waals surface area contributed by atoms with Crippen molar-refractivity contribution >= 4 is 11.9 Å². The van der Waals surface area contributed by atoms with Gasteiger partial charge in [-0.05, 0) is 26.7 Å². The summed E-state index contributed by atoms with van der Waals surface area (Å²) in [6.45, 7) is 4.69. The molecule has 0 spiro atoms. The van der Waals surface area contributed by atoms with E-state index in [2.05, 4.69) is 24.1 Å². The Morgan fingerprint density at radius 3 is 2.38 bits per heavy atom. The number of nitrogens with zero attached hydrogens (tertiary/aromatic N) is 2. The number of aromatic hydroxyl groups is 2. The maximum absolute atomic E-state index is 12.0. The summed E-state index contributed by atoms with van der Waals surface area (Å²) >= 11 is 0. The molecule has 134 valence electrons. The van der Waals surface area contributed by atoms with Crippen molar-refractivity contribution in [1.29, 1.82) is 0 Å². The van der Waals surface area contributed by atoms with E-state index < -0.39 is 5.97 Å². The van der Waals surface area contributed by atoms with E-state index in [-0.39, 0.29) is 30.6 Å². The molecule has 1 aromatic rings. The monoisotopic (exact) mass is 340 g/mol. The molecular weight excluding hydrogens is 315 g/mol. The van der Waals surface area contributed by atoms with Gasteiger partial charge in [-0.3, -0.25) is 9.69 Å². The highest BCUT2D eigenvalue weighted by molar-refractivity contribution is 5.79. The van der Waals surface area contributed by atoms with Crippen LogP contribution in [-0.2, 0) is 9.59 Å². The molecule has 1 saturated heterocycles. The average Bonchev–Trinajstić information content (AvgIpc) is 2.83. The molecule has 2 rings (SSSR count). The SMILES string of the molecule is CC1CCC[13CH](C)N1CC(=O)NCCC(=O)On1c(O)ccc1O. The van der Waals surface area contributed by atoms with Crippen LogP contribution in [0.5, 0.6) is 11.8 Å². The molecule has 2 heterocycles. The molecule has 2 atom stereocenters. The van der Waals surface area contributed by atoms with Crippen LogP contribution in [0.2, 0.25) is 0 Å². The van der Waals surface area contributed by atoms with E-state index in [1.165, 1.54) is 18.6 Å². The first-order valence-electron chi connectivity index (χ1n) is 8.21. The second-order valence-corrected chi connectivity index (χ2v) is 6.21. The Balaban J connectivity index is 1.71. The van der Waals surface area contributed by atoms with Gasteiger partial charge in [0.25, 0.3) is 0 Å². The highest BCUT2D eigenvalue weighted by Crippen LogP contribution is 2.21. The normalized spacial score (nSPS) is 21.4. The number of likely N-dealkylation sites (tertiary alicyclic amines) is 1. The summed E-state index contributed by atoms with van der Waals surface area (Å²) in [5.74, 6) is -1.55. The molecule has 0 bridgehead atoms. The minimum atomic E-state index is -0.670. The van der Waals surface area contributed by atoms with E-state index in [9.17, 15) is 19.8 Å². The molecule has 2 unspecified atom stereocenters. The summed E-state index contributed by atoms with van der Waals surface area (Å²) in [6, 6.07) is 3.16. The number of carbonyl (C=O) groups excluding carboxylic acids is 2. The number of hydrogen-bond acceptors (Lipinski definition) is 6. The van der Waals surface area contributed by atoms with Crippen LogP contribution < -0.4 is 10.2 Å². The maximum atomic E-state index is 12.0. The number of aromatic nitrogens is 1. The predicted octanol–water partition coefficient (Wildman–Crippen LogP) is 0.624. The Morgan fingerprint density at radius 2 is 1.79 bits per heavy atom. The van der Waals surface area contributed by atoms with Crippen LogP contribution in [0.15, 0.2) is 12.1 Å². The van der Waals surface area contributed by atoms with Gasteiger partial charge < -0.3 is 20.4 Å². The topological polar surface area (TPSA) is 104 Å². The third-order valence-electron chi connectivity index (χ3n) is 4.34. The van der Waals surface area contributed by atoms with Gasteiger partial charge in [0.2, 0.25) is 17.7 Å². The molecule has 1 amide bonds. The molecule has 1 aliphatic rings. The lowest BCUT2D eigenvalue weighted by Crippen LogP contribution is -2.48. The molecule has 8 nitrogen and oxygen atoms in total. The molecule has 0 aromatic carbocycles. The van der Waals surface area contributed by atoms with Crippen molar-refractivity contribution < 1.29 is 24.6 Å². The highest BCUT2D eigenvalue weighted by Gasteiger charge is 2.26. The van der Waals surface area contributed by atoms with Gasteiger partial charge in [0.15, 0.2) is 0 Å². The van der Waals surface area contributed by atoms with Crippen LogP contribution in [-0.4, -0.2) is 56.9 Å². The lowest BCUT2D eigenvalue weighted by atomic mass is 10.1. The fourth-order valence-corrected chi connectivity index (χ4v) is 2.95. The smallest absolute Gasteiger partial charge is 0.334 e. The van der Waals surface area contributed by atoms with Gasteiger partial charge in [0, 0.05) is 30.8 Å². The number of amides is 1. The summed E-state index contributed by atoms with van der Waals surface area (Å²) in [5.41, 5.74) is 0.